The Morgan fingerprint density at radius 3 is 1.48 bits per heavy atom. The molecule has 1 heterocycles. The summed E-state index contributed by atoms with van der Waals surface area (Å²) in [5, 5.41) is 10.3. The van der Waals surface area contributed by atoms with Gasteiger partial charge in [-0.25, -0.2) is 0 Å². The van der Waals surface area contributed by atoms with Crippen LogP contribution in [0.3, 0.4) is 0 Å². The average molecular weight is 730 g/mol. The molecule has 0 saturated carbocycles. The first-order valence-electron chi connectivity index (χ1n) is 19.2. The van der Waals surface area contributed by atoms with Crippen LogP contribution in [0.15, 0.2) is 212 Å². The lowest BCUT2D eigenvalue weighted by Crippen LogP contribution is -2.09. The smallest absolute Gasteiger partial charge is 0.0476 e. The largest absolute Gasteiger partial charge is 0.310 e. The molecule has 0 aliphatic heterocycles. The van der Waals surface area contributed by atoms with Gasteiger partial charge in [0.1, 0.15) is 0 Å². The van der Waals surface area contributed by atoms with E-state index >= 15 is 0 Å². The van der Waals surface area contributed by atoms with E-state index in [4.69, 9.17) is 0 Å². The summed E-state index contributed by atoms with van der Waals surface area (Å²) >= 11 is 1.89. The molecule has 0 unspecified atom stereocenters. The lowest BCUT2D eigenvalue weighted by Gasteiger charge is -2.26. The minimum absolute atomic E-state index is 1.12. The summed E-state index contributed by atoms with van der Waals surface area (Å²) in [7, 11) is 0. The molecule has 262 valence electrons. The number of anilines is 3. The third-order valence-corrected chi connectivity index (χ3v) is 12.5. The Morgan fingerprint density at radius 2 is 0.786 bits per heavy atom. The molecule has 0 amide bonds. The van der Waals surface area contributed by atoms with Crippen molar-refractivity contribution >= 4 is 80.9 Å². The van der Waals surface area contributed by atoms with Gasteiger partial charge in [-0.2, -0.15) is 0 Å². The monoisotopic (exact) mass is 729 g/mol. The predicted octanol–water partition coefficient (Wildman–Crippen LogP) is 16.0. The van der Waals surface area contributed by atoms with Crippen LogP contribution >= 0.6 is 11.3 Å². The highest BCUT2D eigenvalue weighted by atomic mass is 32.1. The van der Waals surface area contributed by atoms with Crippen LogP contribution < -0.4 is 4.90 Å². The van der Waals surface area contributed by atoms with E-state index in [1.807, 2.05) is 11.3 Å². The number of benzene rings is 10. The van der Waals surface area contributed by atoms with E-state index in [-0.39, 0.29) is 0 Å². The third-order valence-electron chi connectivity index (χ3n) is 11.3. The zero-order chi connectivity index (χ0) is 37.0. The summed E-state index contributed by atoms with van der Waals surface area (Å²) < 4.78 is 2.63. The molecule has 0 aliphatic carbocycles. The second-order valence-electron chi connectivity index (χ2n) is 14.5. The average Bonchev–Trinajstić information content (AvgIpc) is 3.66. The van der Waals surface area contributed by atoms with Crippen LogP contribution in [0.1, 0.15) is 0 Å². The quantitative estimate of drug-likeness (QED) is 0.154. The maximum atomic E-state index is 2.38. The Bertz CT molecular complexity index is 3210. The van der Waals surface area contributed by atoms with Gasteiger partial charge in [0.05, 0.1) is 0 Å². The molecule has 11 rings (SSSR count). The normalized spacial score (nSPS) is 11.6. The number of fused-ring (bicyclic) bond motifs is 8. The van der Waals surface area contributed by atoms with Crippen LogP contribution in [0, 0.1) is 0 Å². The molecule has 10 aromatic carbocycles. The zero-order valence-electron chi connectivity index (χ0n) is 30.6. The Labute approximate surface area is 330 Å². The minimum Gasteiger partial charge on any atom is -0.310 e. The molecular weight excluding hydrogens is 695 g/mol. The van der Waals surface area contributed by atoms with Crippen LogP contribution in [-0.2, 0) is 0 Å². The van der Waals surface area contributed by atoms with Crippen LogP contribution in [0.5, 0.6) is 0 Å². The molecule has 0 bridgehead atoms. The molecule has 0 radical (unpaired) electrons. The molecule has 11 aromatic rings. The summed E-state index contributed by atoms with van der Waals surface area (Å²) in [6.07, 6.45) is 0. The van der Waals surface area contributed by atoms with Crippen molar-refractivity contribution in [1.29, 1.82) is 0 Å². The fourth-order valence-corrected chi connectivity index (χ4v) is 9.72. The molecule has 0 fully saturated rings. The molecule has 1 aromatic heterocycles. The maximum absolute atomic E-state index is 2.38. The summed E-state index contributed by atoms with van der Waals surface area (Å²) in [6, 6.07) is 77.6. The standard InChI is InChI=1S/C54H35NS/c1-2-10-36(11-3-1)38-22-27-43(28-23-38)55(45-31-33-50-51-32-26-40-12-4-7-15-47(40)54(51)56-53(50)35-45)44-29-24-39(25-30-44)37-18-20-41(21-19-37)52-34-42-13-5-6-14-46(42)48-16-8-9-17-49(48)52/h1-35H. The van der Waals surface area contributed by atoms with Gasteiger partial charge in [-0.15, -0.1) is 11.3 Å². The van der Waals surface area contributed by atoms with E-state index in [1.165, 1.54) is 85.9 Å². The molecular formula is C54H35NS. The fourth-order valence-electron chi connectivity index (χ4n) is 8.45. The predicted molar refractivity (Wildman–Crippen MR) is 243 cm³/mol. The highest BCUT2D eigenvalue weighted by molar-refractivity contribution is 7.26. The maximum Gasteiger partial charge on any atom is 0.0476 e. The van der Waals surface area contributed by atoms with E-state index < -0.39 is 0 Å². The second-order valence-corrected chi connectivity index (χ2v) is 15.6. The van der Waals surface area contributed by atoms with Gasteiger partial charge >= 0.3 is 0 Å². The van der Waals surface area contributed by atoms with Crippen molar-refractivity contribution in [3.8, 4) is 33.4 Å². The summed E-state index contributed by atoms with van der Waals surface area (Å²) in [5.41, 5.74) is 10.7. The molecule has 2 heteroatoms. The zero-order valence-corrected chi connectivity index (χ0v) is 31.4. The lowest BCUT2D eigenvalue weighted by atomic mass is 9.92. The summed E-state index contributed by atoms with van der Waals surface area (Å²) in [4.78, 5) is 2.38. The Balaban J connectivity index is 0.974. The molecule has 56 heavy (non-hydrogen) atoms. The van der Waals surface area contributed by atoms with Gasteiger partial charge in [-0.1, -0.05) is 170 Å². The number of rotatable bonds is 6. The number of hydrogen-bond donors (Lipinski definition) is 0. The van der Waals surface area contributed by atoms with E-state index in [0.717, 1.165) is 17.1 Å². The Hall–Kier alpha value is -7.00. The van der Waals surface area contributed by atoms with Crippen molar-refractivity contribution in [3.63, 3.8) is 0 Å². The van der Waals surface area contributed by atoms with Crippen molar-refractivity contribution in [3.05, 3.63) is 212 Å². The number of thiophene rings is 1. The molecule has 1 nitrogen and oxygen atoms in total. The first-order chi connectivity index (χ1) is 27.7. The molecule has 0 saturated heterocycles. The fraction of sp³-hybridized carbons (Fsp3) is 0. The molecule has 0 aliphatic rings. The number of hydrogen-bond acceptors (Lipinski definition) is 2. The van der Waals surface area contributed by atoms with E-state index in [1.54, 1.807) is 0 Å². The Kier molecular flexibility index (Phi) is 7.75. The van der Waals surface area contributed by atoms with Gasteiger partial charge in [0, 0.05) is 37.2 Å². The van der Waals surface area contributed by atoms with Crippen LogP contribution in [0.2, 0.25) is 0 Å². The van der Waals surface area contributed by atoms with E-state index in [2.05, 4.69) is 217 Å². The van der Waals surface area contributed by atoms with Gasteiger partial charge in [-0.3, -0.25) is 0 Å². The van der Waals surface area contributed by atoms with Gasteiger partial charge in [-0.05, 0) is 108 Å². The van der Waals surface area contributed by atoms with Gasteiger partial charge in [0.2, 0.25) is 0 Å². The van der Waals surface area contributed by atoms with Crippen molar-refractivity contribution in [2.24, 2.45) is 0 Å². The second kappa shape index (κ2) is 13.4. The lowest BCUT2D eigenvalue weighted by molar-refractivity contribution is 1.29. The van der Waals surface area contributed by atoms with Crippen molar-refractivity contribution in [2.45, 2.75) is 0 Å². The first-order valence-corrected chi connectivity index (χ1v) is 20.0. The van der Waals surface area contributed by atoms with Crippen LogP contribution in [0.4, 0.5) is 17.1 Å². The molecule has 0 N–H and O–H groups in total. The molecule has 0 atom stereocenters. The van der Waals surface area contributed by atoms with Crippen molar-refractivity contribution in [2.75, 3.05) is 4.90 Å². The first kappa shape index (κ1) is 32.4. The highest BCUT2D eigenvalue weighted by Gasteiger charge is 2.17. The van der Waals surface area contributed by atoms with Crippen molar-refractivity contribution in [1.82, 2.24) is 0 Å². The summed E-state index contributed by atoms with van der Waals surface area (Å²) in [6.45, 7) is 0. The van der Waals surface area contributed by atoms with Gasteiger partial charge in [0.15, 0.2) is 0 Å². The highest BCUT2D eigenvalue weighted by Crippen LogP contribution is 2.43. The number of nitrogens with zero attached hydrogens (tertiary/aromatic N) is 1. The topological polar surface area (TPSA) is 3.24 Å². The van der Waals surface area contributed by atoms with Crippen LogP contribution in [0.25, 0.3) is 85.9 Å². The van der Waals surface area contributed by atoms with E-state index in [9.17, 15) is 0 Å². The van der Waals surface area contributed by atoms with Gasteiger partial charge in [0.25, 0.3) is 0 Å². The van der Waals surface area contributed by atoms with Crippen LogP contribution in [-0.4, -0.2) is 0 Å². The van der Waals surface area contributed by atoms with Gasteiger partial charge < -0.3 is 4.90 Å². The SMILES string of the molecule is c1ccc(-c2ccc(N(c3ccc(-c4ccc(-c5cc6ccccc6c6ccccc56)cc4)cc3)c3ccc4c(c3)sc3c5ccccc5ccc43)cc2)cc1. The van der Waals surface area contributed by atoms with E-state index in [0.29, 0.717) is 0 Å². The minimum atomic E-state index is 1.12. The third kappa shape index (κ3) is 5.54. The van der Waals surface area contributed by atoms with Crippen molar-refractivity contribution < 1.29 is 0 Å². The Morgan fingerprint density at radius 1 is 0.286 bits per heavy atom. The summed E-state index contributed by atoms with van der Waals surface area (Å²) in [5.74, 6) is 0. The molecule has 0 spiro atoms.